The maximum atomic E-state index is 13.5. The van der Waals surface area contributed by atoms with E-state index < -0.39 is 17.9 Å². The molecule has 1 aliphatic heterocycles. The van der Waals surface area contributed by atoms with Crippen LogP contribution in [0.3, 0.4) is 0 Å². The normalized spacial score (nSPS) is 16.2. The largest absolute Gasteiger partial charge is 0.418 e. The van der Waals surface area contributed by atoms with E-state index in [2.05, 4.69) is 5.32 Å². The second-order valence-corrected chi connectivity index (χ2v) is 6.64. The number of alkyl halides is 3. The maximum absolute atomic E-state index is 13.5. The highest BCUT2D eigenvalue weighted by Crippen LogP contribution is 2.41. The van der Waals surface area contributed by atoms with E-state index in [1.807, 2.05) is 19.1 Å². The molecule has 1 aliphatic rings. The third-order valence-corrected chi connectivity index (χ3v) is 4.86. The van der Waals surface area contributed by atoms with Crippen molar-refractivity contribution >= 4 is 17.3 Å². The Morgan fingerprint density at radius 3 is 2.29 bits per heavy atom. The molecule has 6 heteroatoms. The van der Waals surface area contributed by atoms with E-state index in [0.29, 0.717) is 16.8 Å². The summed E-state index contributed by atoms with van der Waals surface area (Å²) in [6, 6.07) is 19.6. The van der Waals surface area contributed by atoms with Crippen molar-refractivity contribution in [3.8, 4) is 0 Å². The molecule has 3 nitrogen and oxygen atoms in total. The number of anilines is 2. The number of para-hydroxylation sites is 2. The van der Waals surface area contributed by atoms with Crippen LogP contribution in [0.5, 0.6) is 0 Å². The Hall–Kier alpha value is -3.28. The van der Waals surface area contributed by atoms with E-state index in [-0.39, 0.29) is 11.6 Å². The number of hydrogen-bond donors (Lipinski definition) is 1. The molecule has 0 saturated heterocycles. The monoisotopic (exact) mass is 382 g/mol. The second-order valence-electron chi connectivity index (χ2n) is 6.64. The number of halogens is 3. The Kier molecular flexibility index (Phi) is 4.34. The van der Waals surface area contributed by atoms with Crippen LogP contribution < -0.4 is 10.2 Å². The lowest BCUT2D eigenvalue weighted by molar-refractivity contribution is -0.137. The molecule has 1 atom stereocenters. The summed E-state index contributed by atoms with van der Waals surface area (Å²) in [5.41, 5.74) is 1.81. The van der Waals surface area contributed by atoms with Gasteiger partial charge in [0.25, 0.3) is 5.91 Å². The fourth-order valence-corrected chi connectivity index (χ4v) is 3.54. The minimum atomic E-state index is -4.50. The lowest BCUT2D eigenvalue weighted by Gasteiger charge is -2.29. The number of nitrogens with zero attached hydrogens (tertiary/aromatic N) is 1. The second kappa shape index (κ2) is 6.71. The molecule has 0 aliphatic carbocycles. The summed E-state index contributed by atoms with van der Waals surface area (Å²) in [5.74, 6) is -0.244. The van der Waals surface area contributed by atoms with E-state index >= 15 is 0 Å². The molecule has 0 radical (unpaired) electrons. The van der Waals surface area contributed by atoms with E-state index in [1.54, 1.807) is 42.5 Å². The third kappa shape index (κ3) is 3.01. The number of carbonyl (C=O) groups is 1. The van der Waals surface area contributed by atoms with Gasteiger partial charge in [0.05, 0.1) is 5.56 Å². The molecule has 3 aromatic rings. The first-order valence-corrected chi connectivity index (χ1v) is 8.79. The average molecular weight is 382 g/mol. The fourth-order valence-electron chi connectivity index (χ4n) is 3.54. The maximum Gasteiger partial charge on any atom is 0.418 e. The van der Waals surface area contributed by atoms with Crippen LogP contribution in [0.4, 0.5) is 24.5 Å². The van der Waals surface area contributed by atoms with Crippen molar-refractivity contribution in [1.82, 2.24) is 0 Å². The van der Waals surface area contributed by atoms with Crippen LogP contribution in [-0.2, 0) is 6.18 Å². The van der Waals surface area contributed by atoms with Crippen molar-refractivity contribution in [2.45, 2.75) is 19.3 Å². The molecular weight excluding hydrogens is 365 g/mol. The highest BCUT2D eigenvalue weighted by atomic mass is 19.4. The molecule has 1 heterocycles. The highest BCUT2D eigenvalue weighted by molar-refractivity contribution is 6.11. The van der Waals surface area contributed by atoms with Gasteiger partial charge in [0.2, 0.25) is 0 Å². The molecule has 0 fully saturated rings. The van der Waals surface area contributed by atoms with E-state index in [9.17, 15) is 18.0 Å². The summed E-state index contributed by atoms with van der Waals surface area (Å²) in [6.07, 6.45) is -5.24. The molecule has 4 rings (SSSR count). The van der Waals surface area contributed by atoms with Gasteiger partial charge < -0.3 is 5.32 Å². The fraction of sp³-hybridized carbons (Fsp3) is 0.136. The van der Waals surface area contributed by atoms with Crippen molar-refractivity contribution < 1.29 is 18.0 Å². The molecule has 0 bridgehead atoms. The average Bonchev–Trinajstić information content (AvgIpc) is 2.94. The van der Waals surface area contributed by atoms with Crippen molar-refractivity contribution in [2.75, 3.05) is 10.2 Å². The van der Waals surface area contributed by atoms with Crippen LogP contribution in [0, 0.1) is 6.92 Å². The van der Waals surface area contributed by atoms with Gasteiger partial charge in [-0.15, -0.1) is 0 Å². The quantitative estimate of drug-likeness (QED) is 0.622. The van der Waals surface area contributed by atoms with Crippen LogP contribution in [0.1, 0.15) is 33.2 Å². The van der Waals surface area contributed by atoms with Gasteiger partial charge in [0.15, 0.2) is 0 Å². The molecular formula is C22H17F3N2O. The Bertz CT molecular complexity index is 1050. The van der Waals surface area contributed by atoms with Gasteiger partial charge in [-0.3, -0.25) is 9.69 Å². The summed E-state index contributed by atoms with van der Waals surface area (Å²) in [6.45, 7) is 1.87. The first kappa shape index (κ1) is 18.1. The van der Waals surface area contributed by atoms with Gasteiger partial charge in [-0.25, -0.2) is 0 Å². The lowest BCUT2D eigenvalue weighted by atomic mass is 10.1. The predicted molar refractivity (Wildman–Crippen MR) is 102 cm³/mol. The van der Waals surface area contributed by atoms with Gasteiger partial charge in [-0.05, 0) is 36.8 Å². The Morgan fingerprint density at radius 2 is 1.54 bits per heavy atom. The van der Waals surface area contributed by atoms with Crippen LogP contribution in [0.15, 0.2) is 72.8 Å². The molecule has 28 heavy (non-hydrogen) atoms. The zero-order valence-corrected chi connectivity index (χ0v) is 15.0. The number of rotatable bonds is 3. The standard InChI is InChI=1S/C22H17F3N2O/c1-14-8-2-7-13-19(14)27-20(15-9-3-4-10-16(15)21(27)28)26-18-12-6-5-11-17(18)22(23,24)25/h2-13,20,26H,1H3/t20-/m1/s1. The SMILES string of the molecule is Cc1ccccc1N1C(=O)c2ccccc2[C@@H]1Nc1ccccc1C(F)(F)F. The molecule has 3 aromatic carbocycles. The molecule has 0 saturated carbocycles. The summed E-state index contributed by atoms with van der Waals surface area (Å²) in [4.78, 5) is 14.6. The van der Waals surface area contributed by atoms with E-state index in [0.717, 1.165) is 11.6 Å². The molecule has 0 aromatic heterocycles. The third-order valence-electron chi connectivity index (χ3n) is 4.86. The number of benzene rings is 3. The zero-order valence-electron chi connectivity index (χ0n) is 15.0. The molecule has 0 unspecified atom stereocenters. The van der Waals surface area contributed by atoms with Crippen LogP contribution in [-0.4, -0.2) is 5.91 Å². The number of fused-ring (bicyclic) bond motifs is 1. The van der Waals surface area contributed by atoms with Gasteiger partial charge in [-0.2, -0.15) is 13.2 Å². The molecule has 1 N–H and O–H groups in total. The van der Waals surface area contributed by atoms with Gasteiger partial charge >= 0.3 is 6.18 Å². The minimum absolute atomic E-state index is 0.0666. The topological polar surface area (TPSA) is 32.3 Å². The van der Waals surface area contributed by atoms with Crippen molar-refractivity contribution in [2.24, 2.45) is 0 Å². The molecule has 0 spiro atoms. The zero-order chi connectivity index (χ0) is 19.9. The number of aryl methyl sites for hydroxylation is 1. The van der Waals surface area contributed by atoms with Gasteiger partial charge in [0.1, 0.15) is 6.17 Å². The number of hydrogen-bond acceptors (Lipinski definition) is 2. The summed E-state index contributed by atoms with van der Waals surface area (Å²) in [5, 5.41) is 2.96. The van der Waals surface area contributed by atoms with Crippen LogP contribution in [0.2, 0.25) is 0 Å². The number of amides is 1. The first-order chi connectivity index (χ1) is 13.4. The van der Waals surface area contributed by atoms with Crippen molar-refractivity contribution in [3.05, 3.63) is 95.1 Å². The predicted octanol–water partition coefficient (Wildman–Crippen LogP) is 5.78. The number of carbonyl (C=O) groups excluding carboxylic acids is 1. The van der Waals surface area contributed by atoms with Crippen molar-refractivity contribution in [1.29, 1.82) is 0 Å². The smallest absolute Gasteiger partial charge is 0.361 e. The summed E-state index contributed by atoms with van der Waals surface area (Å²) >= 11 is 0. The summed E-state index contributed by atoms with van der Waals surface area (Å²) < 4.78 is 40.4. The van der Waals surface area contributed by atoms with E-state index in [1.165, 1.54) is 17.0 Å². The Labute approximate surface area is 160 Å². The minimum Gasteiger partial charge on any atom is -0.361 e. The van der Waals surface area contributed by atoms with Crippen molar-refractivity contribution in [3.63, 3.8) is 0 Å². The Balaban J connectivity index is 1.84. The summed E-state index contributed by atoms with van der Waals surface area (Å²) in [7, 11) is 0. The Morgan fingerprint density at radius 1 is 0.893 bits per heavy atom. The molecule has 1 amide bonds. The number of nitrogens with one attached hydrogen (secondary N) is 1. The highest BCUT2D eigenvalue weighted by Gasteiger charge is 2.40. The first-order valence-electron chi connectivity index (χ1n) is 8.79. The van der Waals surface area contributed by atoms with Gasteiger partial charge in [-0.1, -0.05) is 48.5 Å². The van der Waals surface area contributed by atoms with Crippen LogP contribution >= 0.6 is 0 Å². The van der Waals surface area contributed by atoms with E-state index in [4.69, 9.17) is 0 Å². The lowest BCUT2D eigenvalue weighted by Crippen LogP contribution is -2.33. The van der Waals surface area contributed by atoms with Crippen LogP contribution in [0.25, 0.3) is 0 Å². The van der Waals surface area contributed by atoms with Gasteiger partial charge in [0, 0.05) is 22.5 Å². The molecule has 142 valence electrons.